The van der Waals surface area contributed by atoms with Gasteiger partial charge in [-0.15, -0.1) is 0 Å². The minimum Gasteiger partial charge on any atom is -0.364 e. The van der Waals surface area contributed by atoms with Gasteiger partial charge in [0.1, 0.15) is 0 Å². The van der Waals surface area contributed by atoms with Gasteiger partial charge in [0.2, 0.25) is 5.91 Å². The van der Waals surface area contributed by atoms with Crippen LogP contribution in [0.1, 0.15) is 32.3 Å². The van der Waals surface area contributed by atoms with Gasteiger partial charge in [0.05, 0.1) is 12.6 Å². The largest absolute Gasteiger partial charge is 0.364 e. The highest BCUT2D eigenvalue weighted by molar-refractivity contribution is 5.82. The Labute approximate surface area is 192 Å². The Bertz CT molecular complexity index is 815. The molecule has 3 aliphatic heterocycles. The van der Waals surface area contributed by atoms with E-state index in [4.69, 9.17) is 4.99 Å². The Morgan fingerprint density at radius 2 is 1.75 bits per heavy atom. The van der Waals surface area contributed by atoms with Crippen LogP contribution in [0.2, 0.25) is 0 Å². The van der Waals surface area contributed by atoms with Crippen molar-refractivity contribution in [3.05, 3.63) is 42.0 Å². The van der Waals surface area contributed by atoms with E-state index in [0.29, 0.717) is 12.5 Å². The fraction of sp³-hybridized carbons (Fsp3) is 0.600. The summed E-state index contributed by atoms with van der Waals surface area (Å²) >= 11 is 0. The van der Waals surface area contributed by atoms with E-state index in [1.54, 1.807) is 0 Å². The van der Waals surface area contributed by atoms with Crippen molar-refractivity contribution in [2.75, 3.05) is 63.8 Å². The van der Waals surface area contributed by atoms with Crippen molar-refractivity contribution in [2.24, 2.45) is 4.99 Å². The number of nitrogens with zero attached hydrogens (tertiary/aromatic N) is 5. The number of anilines is 1. The summed E-state index contributed by atoms with van der Waals surface area (Å²) in [6.07, 6.45) is 6.72. The monoisotopic (exact) mass is 438 g/mol. The Hall–Kier alpha value is -2.54. The van der Waals surface area contributed by atoms with Crippen molar-refractivity contribution in [1.82, 2.24) is 20.0 Å². The average Bonchev–Trinajstić information content (AvgIpc) is 3.56. The van der Waals surface area contributed by atoms with E-state index >= 15 is 0 Å². The van der Waals surface area contributed by atoms with E-state index in [1.807, 2.05) is 4.90 Å². The van der Waals surface area contributed by atoms with Crippen molar-refractivity contribution in [3.8, 4) is 0 Å². The Morgan fingerprint density at radius 1 is 1.03 bits per heavy atom. The molecule has 2 saturated heterocycles. The molecule has 32 heavy (non-hydrogen) atoms. The molecule has 0 radical (unpaired) electrons. The van der Waals surface area contributed by atoms with Crippen LogP contribution in [-0.4, -0.2) is 91.5 Å². The minimum absolute atomic E-state index is 0.0300. The van der Waals surface area contributed by atoms with Gasteiger partial charge in [0.15, 0.2) is 5.96 Å². The van der Waals surface area contributed by atoms with Gasteiger partial charge < -0.3 is 20.0 Å². The highest BCUT2D eigenvalue weighted by atomic mass is 16.2. The highest BCUT2D eigenvalue weighted by Gasteiger charge is 2.30. The molecule has 1 amide bonds. The Balaban J connectivity index is 1.33. The number of hydrogen-bond acceptors (Lipinski definition) is 4. The topological polar surface area (TPSA) is 54.4 Å². The van der Waals surface area contributed by atoms with Crippen LogP contribution < -0.4 is 10.2 Å². The number of amides is 1. The molecule has 1 aromatic rings. The molecule has 0 aromatic heterocycles. The highest BCUT2D eigenvalue weighted by Crippen LogP contribution is 2.19. The van der Waals surface area contributed by atoms with Gasteiger partial charge in [-0.25, -0.2) is 4.99 Å². The van der Waals surface area contributed by atoms with Crippen LogP contribution >= 0.6 is 0 Å². The Morgan fingerprint density at radius 3 is 2.44 bits per heavy atom. The smallest absolute Gasteiger partial charge is 0.239 e. The quantitative estimate of drug-likeness (QED) is 0.419. The lowest BCUT2D eigenvalue weighted by molar-refractivity contribution is -0.135. The van der Waals surface area contributed by atoms with Crippen molar-refractivity contribution in [1.29, 1.82) is 0 Å². The maximum absolute atomic E-state index is 12.8. The average molecular weight is 439 g/mol. The second kappa shape index (κ2) is 10.9. The third-order valence-corrected chi connectivity index (χ3v) is 6.78. The molecule has 7 heteroatoms. The molecule has 0 saturated carbocycles. The van der Waals surface area contributed by atoms with Gasteiger partial charge >= 0.3 is 0 Å². The molecule has 174 valence electrons. The fourth-order valence-electron chi connectivity index (χ4n) is 4.81. The summed E-state index contributed by atoms with van der Waals surface area (Å²) in [6.45, 7) is 13.1. The first-order valence-electron chi connectivity index (χ1n) is 12.2. The predicted molar refractivity (Wildman–Crippen MR) is 131 cm³/mol. The van der Waals surface area contributed by atoms with Crippen LogP contribution in [0.5, 0.6) is 0 Å². The molecule has 7 nitrogen and oxygen atoms in total. The number of carbonyl (C=O) groups excluding carboxylic acids is 1. The van der Waals surface area contributed by atoms with Crippen molar-refractivity contribution >= 4 is 17.6 Å². The van der Waals surface area contributed by atoms with Gasteiger partial charge in [-0.3, -0.25) is 9.69 Å². The van der Waals surface area contributed by atoms with E-state index in [2.05, 4.69) is 70.3 Å². The first-order chi connectivity index (χ1) is 15.7. The molecule has 4 rings (SSSR count). The molecule has 1 unspecified atom stereocenters. The summed E-state index contributed by atoms with van der Waals surface area (Å²) in [5, 5.41) is 3.47. The lowest BCUT2D eigenvalue weighted by Crippen LogP contribution is -2.57. The van der Waals surface area contributed by atoms with E-state index in [9.17, 15) is 4.79 Å². The third kappa shape index (κ3) is 5.44. The number of likely N-dealkylation sites (tertiary alicyclic amines) is 1. The normalized spacial score (nSPS) is 20.8. The van der Waals surface area contributed by atoms with Crippen molar-refractivity contribution in [2.45, 2.75) is 39.3 Å². The molecule has 3 heterocycles. The first kappa shape index (κ1) is 22.6. The number of benzene rings is 1. The number of nitrogens with one attached hydrogen (secondary N) is 1. The van der Waals surface area contributed by atoms with Gasteiger partial charge in [-0.2, -0.15) is 0 Å². The molecule has 1 N–H and O–H groups in total. The summed E-state index contributed by atoms with van der Waals surface area (Å²) in [6, 6.07) is 8.68. The number of guanidine groups is 1. The number of aliphatic imine (C=N–C) groups is 1. The second-order valence-corrected chi connectivity index (χ2v) is 8.95. The first-order valence-corrected chi connectivity index (χ1v) is 12.2. The number of rotatable bonds is 6. The molecular weight excluding hydrogens is 400 g/mol. The van der Waals surface area contributed by atoms with E-state index in [1.165, 1.54) is 11.3 Å². The molecular formula is C25H38N6O. The lowest BCUT2D eigenvalue weighted by Gasteiger charge is -2.39. The van der Waals surface area contributed by atoms with Gasteiger partial charge in [-0.1, -0.05) is 24.3 Å². The maximum Gasteiger partial charge on any atom is 0.239 e. The van der Waals surface area contributed by atoms with Crippen LogP contribution in [0.25, 0.3) is 0 Å². The van der Waals surface area contributed by atoms with Gasteiger partial charge in [-0.05, 0) is 44.4 Å². The number of piperazine rings is 1. The molecule has 0 aliphatic carbocycles. The molecule has 2 fully saturated rings. The van der Waals surface area contributed by atoms with Crippen LogP contribution in [0.15, 0.2) is 41.4 Å². The van der Waals surface area contributed by atoms with Gasteiger partial charge in [0, 0.05) is 64.6 Å². The van der Waals surface area contributed by atoms with Crippen molar-refractivity contribution < 1.29 is 4.79 Å². The van der Waals surface area contributed by atoms with E-state index < -0.39 is 0 Å². The van der Waals surface area contributed by atoms with E-state index in [0.717, 1.165) is 77.7 Å². The molecule has 3 aliphatic rings. The summed E-state index contributed by atoms with van der Waals surface area (Å²) < 4.78 is 0. The minimum atomic E-state index is -0.0300. The Kier molecular flexibility index (Phi) is 7.68. The number of hydrogen-bond donors (Lipinski definition) is 1. The SMILES string of the molecule is CCNC(=NCc1cccc(N2CC=CC2)c1)N1CCN(C(C)C(=O)N2CCCC2)CC1. The molecule has 1 aromatic carbocycles. The second-order valence-electron chi connectivity index (χ2n) is 8.95. The third-order valence-electron chi connectivity index (χ3n) is 6.78. The van der Waals surface area contributed by atoms with Crippen LogP contribution in [0.4, 0.5) is 5.69 Å². The lowest BCUT2D eigenvalue weighted by atomic mass is 10.2. The summed E-state index contributed by atoms with van der Waals surface area (Å²) in [5.74, 6) is 1.27. The van der Waals surface area contributed by atoms with Crippen LogP contribution in [0, 0.1) is 0 Å². The summed E-state index contributed by atoms with van der Waals surface area (Å²) in [7, 11) is 0. The van der Waals surface area contributed by atoms with Crippen LogP contribution in [0.3, 0.4) is 0 Å². The predicted octanol–water partition coefficient (Wildman–Crippen LogP) is 2.16. The molecule has 1 atom stereocenters. The number of carbonyl (C=O) groups is 1. The zero-order valence-corrected chi connectivity index (χ0v) is 19.7. The summed E-state index contributed by atoms with van der Waals surface area (Å²) in [4.78, 5) is 26.8. The maximum atomic E-state index is 12.8. The fourth-order valence-corrected chi connectivity index (χ4v) is 4.81. The van der Waals surface area contributed by atoms with Crippen LogP contribution in [-0.2, 0) is 11.3 Å². The summed E-state index contributed by atoms with van der Waals surface area (Å²) in [5.41, 5.74) is 2.49. The molecule has 0 spiro atoms. The standard InChI is InChI=1S/C25H38N6O/c1-3-26-25(27-20-22-9-8-10-23(19-22)29-11-4-5-12-29)31-17-15-28(16-18-31)21(2)24(32)30-13-6-7-14-30/h4-5,8-10,19,21H,3,6-7,11-18,20H2,1-2H3,(H,26,27). The van der Waals surface area contributed by atoms with E-state index in [-0.39, 0.29) is 6.04 Å². The van der Waals surface area contributed by atoms with Crippen molar-refractivity contribution in [3.63, 3.8) is 0 Å². The van der Waals surface area contributed by atoms with Gasteiger partial charge in [0.25, 0.3) is 0 Å². The zero-order valence-electron chi connectivity index (χ0n) is 19.7. The zero-order chi connectivity index (χ0) is 22.3. The molecule has 0 bridgehead atoms.